The number of pyridine rings is 2. The van der Waals surface area contributed by atoms with Gasteiger partial charge in [0.2, 0.25) is 5.91 Å². The van der Waals surface area contributed by atoms with Crippen molar-refractivity contribution < 1.29 is 9.18 Å². The van der Waals surface area contributed by atoms with Crippen molar-refractivity contribution in [1.82, 2.24) is 15.0 Å². The van der Waals surface area contributed by atoms with Crippen LogP contribution >= 0.6 is 0 Å². The molecule has 0 unspecified atom stereocenters. The molecule has 3 aromatic heterocycles. The highest BCUT2D eigenvalue weighted by Gasteiger charge is 2.15. The molecule has 0 spiro atoms. The highest BCUT2D eigenvalue weighted by molar-refractivity contribution is 5.99. The maximum Gasteiger partial charge on any atom is 0.224 e. The summed E-state index contributed by atoms with van der Waals surface area (Å²) in [6, 6.07) is 18.4. The van der Waals surface area contributed by atoms with Gasteiger partial charge in [-0.25, -0.2) is 9.37 Å². The lowest BCUT2D eigenvalue weighted by Crippen LogP contribution is -2.09. The Morgan fingerprint density at radius 1 is 1.00 bits per heavy atom. The van der Waals surface area contributed by atoms with E-state index in [0.29, 0.717) is 17.9 Å². The number of halogens is 1. The van der Waals surface area contributed by atoms with Crippen molar-refractivity contribution in [2.24, 2.45) is 0 Å². The van der Waals surface area contributed by atoms with Gasteiger partial charge in [0.15, 0.2) is 0 Å². The van der Waals surface area contributed by atoms with Gasteiger partial charge in [-0.2, -0.15) is 0 Å². The van der Waals surface area contributed by atoms with E-state index >= 15 is 0 Å². The Bertz CT molecular complexity index is 1620. The molecule has 0 saturated heterocycles. The number of nitrogens with zero attached hydrogens (tertiary/aromatic N) is 2. The second kappa shape index (κ2) is 10.1. The molecule has 37 heavy (non-hydrogen) atoms. The molecule has 1 amide bonds. The number of amides is 1. The standard InChI is InChI=1S/C30H26FN5O/c1-4-29(37)35-23-12-20(15-33-17-23)21-13-25(30(32-3)34-16-21)18(2)28-14-26-24(6-5-7-27(26)36-28)19-8-10-22(31)11-9-19/h5-17,36H,2,4H2,1,3H3,(H,32,34)(H,35,37). The second-order valence-electron chi connectivity index (χ2n) is 8.67. The number of carbonyl (C=O) groups is 1. The zero-order chi connectivity index (χ0) is 25.9. The summed E-state index contributed by atoms with van der Waals surface area (Å²) in [4.78, 5) is 24.2. The highest BCUT2D eigenvalue weighted by atomic mass is 19.1. The van der Waals surface area contributed by atoms with Gasteiger partial charge in [-0.05, 0) is 47.5 Å². The molecule has 3 heterocycles. The van der Waals surface area contributed by atoms with Crippen molar-refractivity contribution in [2.45, 2.75) is 13.3 Å². The molecule has 3 N–H and O–H groups in total. The lowest BCUT2D eigenvalue weighted by Gasteiger charge is -2.13. The summed E-state index contributed by atoms with van der Waals surface area (Å²) >= 11 is 0. The number of rotatable bonds is 7. The fraction of sp³-hybridized carbons (Fsp3) is 0.100. The van der Waals surface area contributed by atoms with E-state index in [9.17, 15) is 9.18 Å². The molecule has 0 bridgehead atoms. The van der Waals surface area contributed by atoms with Crippen molar-refractivity contribution in [2.75, 3.05) is 17.7 Å². The van der Waals surface area contributed by atoms with Crippen LogP contribution in [0.2, 0.25) is 0 Å². The van der Waals surface area contributed by atoms with Crippen LogP contribution in [0.1, 0.15) is 24.6 Å². The summed E-state index contributed by atoms with van der Waals surface area (Å²) in [5, 5.41) is 7.02. The van der Waals surface area contributed by atoms with Gasteiger partial charge in [-0.1, -0.05) is 37.8 Å². The Labute approximate surface area is 214 Å². The van der Waals surface area contributed by atoms with Crippen LogP contribution in [0.4, 0.5) is 15.9 Å². The lowest BCUT2D eigenvalue weighted by molar-refractivity contribution is -0.115. The number of carbonyl (C=O) groups excluding carboxylic acids is 1. The number of aromatic amines is 1. The Morgan fingerprint density at radius 2 is 1.78 bits per heavy atom. The Hall–Kier alpha value is -4.78. The number of hydrogen-bond acceptors (Lipinski definition) is 4. The first-order chi connectivity index (χ1) is 18.0. The summed E-state index contributed by atoms with van der Waals surface area (Å²) in [6.45, 7) is 6.19. The van der Waals surface area contributed by atoms with E-state index in [1.54, 1.807) is 37.6 Å². The minimum atomic E-state index is -0.264. The van der Waals surface area contributed by atoms with E-state index in [1.165, 1.54) is 12.1 Å². The summed E-state index contributed by atoms with van der Waals surface area (Å²) in [5.74, 6) is 0.351. The molecule has 0 saturated carbocycles. The van der Waals surface area contributed by atoms with Crippen LogP contribution in [0.15, 0.2) is 85.8 Å². The Morgan fingerprint density at radius 3 is 2.54 bits per heavy atom. The average Bonchev–Trinajstić information content (AvgIpc) is 3.37. The number of nitrogens with one attached hydrogen (secondary N) is 3. The van der Waals surface area contributed by atoms with Gasteiger partial charge in [-0.15, -0.1) is 0 Å². The smallest absolute Gasteiger partial charge is 0.224 e. The van der Waals surface area contributed by atoms with Gasteiger partial charge in [0.05, 0.1) is 11.9 Å². The Kier molecular flexibility index (Phi) is 6.51. The van der Waals surface area contributed by atoms with Crippen LogP contribution in [-0.2, 0) is 4.79 Å². The monoisotopic (exact) mass is 491 g/mol. The average molecular weight is 492 g/mol. The molecule has 184 valence electrons. The molecule has 6 nitrogen and oxygen atoms in total. The maximum atomic E-state index is 13.5. The predicted molar refractivity (Wildman–Crippen MR) is 148 cm³/mol. The first-order valence-corrected chi connectivity index (χ1v) is 12.0. The molecule has 0 aliphatic rings. The molecule has 0 aliphatic heterocycles. The first-order valence-electron chi connectivity index (χ1n) is 12.0. The molecule has 0 radical (unpaired) electrons. The maximum absolute atomic E-state index is 13.5. The molecule has 0 atom stereocenters. The van der Waals surface area contributed by atoms with Gasteiger partial charge in [-0.3, -0.25) is 9.78 Å². The normalized spacial score (nSPS) is 10.9. The fourth-order valence-corrected chi connectivity index (χ4v) is 4.31. The van der Waals surface area contributed by atoms with Gasteiger partial charge in [0.25, 0.3) is 0 Å². The second-order valence-corrected chi connectivity index (χ2v) is 8.67. The van der Waals surface area contributed by atoms with E-state index < -0.39 is 0 Å². The number of benzene rings is 2. The summed E-state index contributed by atoms with van der Waals surface area (Å²) < 4.78 is 13.5. The van der Waals surface area contributed by atoms with E-state index in [0.717, 1.165) is 50.0 Å². The van der Waals surface area contributed by atoms with E-state index in [2.05, 4.69) is 38.2 Å². The van der Waals surface area contributed by atoms with Crippen LogP contribution in [0.25, 0.3) is 38.7 Å². The molecule has 0 aliphatic carbocycles. The largest absolute Gasteiger partial charge is 0.373 e. The van der Waals surface area contributed by atoms with Gasteiger partial charge in [0.1, 0.15) is 11.6 Å². The molecular weight excluding hydrogens is 465 g/mol. The van der Waals surface area contributed by atoms with Gasteiger partial charge >= 0.3 is 0 Å². The van der Waals surface area contributed by atoms with Crippen LogP contribution in [0, 0.1) is 5.82 Å². The summed E-state index contributed by atoms with van der Waals surface area (Å²) in [5.41, 5.74) is 7.65. The molecule has 2 aromatic carbocycles. The lowest BCUT2D eigenvalue weighted by atomic mass is 9.99. The van der Waals surface area contributed by atoms with Crippen LogP contribution < -0.4 is 10.6 Å². The third kappa shape index (κ3) is 4.84. The number of aromatic nitrogens is 3. The Balaban J connectivity index is 1.54. The number of anilines is 2. The molecule has 5 rings (SSSR count). The van der Waals surface area contributed by atoms with E-state index in [4.69, 9.17) is 0 Å². The fourth-order valence-electron chi connectivity index (χ4n) is 4.31. The van der Waals surface area contributed by atoms with Crippen LogP contribution in [0.5, 0.6) is 0 Å². The van der Waals surface area contributed by atoms with Crippen molar-refractivity contribution in [3.63, 3.8) is 0 Å². The van der Waals surface area contributed by atoms with Gasteiger partial charge in [0, 0.05) is 64.7 Å². The molecular formula is C30H26FN5O. The topological polar surface area (TPSA) is 82.7 Å². The summed E-state index contributed by atoms with van der Waals surface area (Å²) in [7, 11) is 1.82. The quantitative estimate of drug-likeness (QED) is 0.232. The van der Waals surface area contributed by atoms with Crippen molar-refractivity contribution >= 4 is 33.9 Å². The van der Waals surface area contributed by atoms with Crippen LogP contribution in [0.3, 0.4) is 0 Å². The minimum absolute atomic E-state index is 0.0736. The third-order valence-corrected chi connectivity index (χ3v) is 6.27. The van der Waals surface area contributed by atoms with Crippen molar-refractivity contribution in [1.29, 1.82) is 0 Å². The molecule has 5 aromatic rings. The number of hydrogen-bond donors (Lipinski definition) is 3. The van der Waals surface area contributed by atoms with Gasteiger partial charge < -0.3 is 15.6 Å². The zero-order valence-corrected chi connectivity index (χ0v) is 20.6. The van der Waals surface area contributed by atoms with Crippen molar-refractivity contribution in [3.8, 4) is 22.3 Å². The first kappa shape index (κ1) is 23.9. The summed E-state index contributed by atoms with van der Waals surface area (Å²) in [6.07, 6.45) is 5.51. The molecule has 7 heteroatoms. The number of fused-ring (bicyclic) bond motifs is 1. The van der Waals surface area contributed by atoms with E-state index in [-0.39, 0.29) is 11.7 Å². The van der Waals surface area contributed by atoms with Crippen LogP contribution in [-0.4, -0.2) is 27.9 Å². The predicted octanol–water partition coefficient (Wildman–Crippen LogP) is 6.88. The van der Waals surface area contributed by atoms with Crippen molar-refractivity contribution in [3.05, 3.63) is 103 Å². The van der Waals surface area contributed by atoms with E-state index in [1.807, 2.05) is 37.4 Å². The molecule has 0 fully saturated rings. The highest BCUT2D eigenvalue weighted by Crippen LogP contribution is 2.35. The SMILES string of the molecule is C=C(c1cc2c(-c3ccc(F)cc3)cccc2[nH]1)c1cc(-c2cncc(NC(=O)CC)c2)cnc1NC. The minimum Gasteiger partial charge on any atom is -0.373 e. The zero-order valence-electron chi connectivity index (χ0n) is 20.6. The number of H-pyrrole nitrogens is 1. The third-order valence-electron chi connectivity index (χ3n) is 6.27.